The quantitative estimate of drug-likeness (QED) is 0.563. The van der Waals surface area contributed by atoms with Crippen LogP contribution in [0.4, 0.5) is 0 Å². The summed E-state index contributed by atoms with van der Waals surface area (Å²) in [4.78, 5) is 8.07. The molecular formula is C8H3Cl2N5. The molecule has 3 aromatic rings. The lowest BCUT2D eigenvalue weighted by molar-refractivity contribution is 1.11. The highest BCUT2D eigenvalue weighted by Gasteiger charge is 2.08. The molecule has 3 rings (SSSR count). The van der Waals surface area contributed by atoms with Crippen molar-refractivity contribution in [2.75, 3.05) is 0 Å². The average Bonchev–Trinajstić information content (AvgIpc) is 2.69. The number of pyridine rings is 1. The first-order chi connectivity index (χ1) is 7.25. The minimum absolute atomic E-state index is 0.295. The molecule has 0 aliphatic rings. The van der Waals surface area contributed by atoms with Crippen molar-refractivity contribution in [2.24, 2.45) is 0 Å². The van der Waals surface area contributed by atoms with Crippen LogP contribution >= 0.6 is 23.2 Å². The lowest BCUT2D eigenvalue weighted by atomic mass is 10.4. The maximum absolute atomic E-state index is 5.92. The van der Waals surface area contributed by atoms with Crippen molar-refractivity contribution in [2.45, 2.75) is 0 Å². The molecule has 0 N–H and O–H groups in total. The molecule has 0 aliphatic heterocycles. The molecule has 0 saturated heterocycles. The van der Waals surface area contributed by atoms with Gasteiger partial charge in [0.1, 0.15) is 17.0 Å². The SMILES string of the molecule is Clc1cc2c(cn1)nc(Cl)c1nncn12. The third-order valence-corrected chi connectivity index (χ3v) is 2.50. The smallest absolute Gasteiger partial charge is 0.198 e. The zero-order chi connectivity index (χ0) is 10.4. The van der Waals surface area contributed by atoms with Crippen molar-refractivity contribution in [1.82, 2.24) is 24.6 Å². The molecular weight excluding hydrogens is 237 g/mol. The van der Waals surface area contributed by atoms with Gasteiger partial charge in [-0.1, -0.05) is 23.2 Å². The summed E-state index contributed by atoms with van der Waals surface area (Å²) in [6.45, 7) is 0. The summed E-state index contributed by atoms with van der Waals surface area (Å²) in [7, 11) is 0. The molecule has 0 saturated carbocycles. The number of nitrogens with zero attached hydrogens (tertiary/aromatic N) is 5. The molecule has 0 aliphatic carbocycles. The number of rotatable bonds is 0. The number of fused-ring (bicyclic) bond motifs is 3. The highest BCUT2D eigenvalue weighted by atomic mass is 35.5. The molecule has 5 nitrogen and oxygen atoms in total. The molecule has 0 bridgehead atoms. The Morgan fingerprint density at radius 2 is 2.13 bits per heavy atom. The highest BCUT2D eigenvalue weighted by molar-refractivity contribution is 6.32. The predicted octanol–water partition coefficient (Wildman–Crippen LogP) is 1.98. The summed E-state index contributed by atoms with van der Waals surface area (Å²) < 4.78 is 1.72. The van der Waals surface area contributed by atoms with E-state index in [1.54, 1.807) is 23.0 Å². The Morgan fingerprint density at radius 3 is 3.00 bits per heavy atom. The third-order valence-electron chi connectivity index (χ3n) is 2.04. The van der Waals surface area contributed by atoms with Gasteiger partial charge in [-0.3, -0.25) is 4.40 Å². The molecule has 0 spiro atoms. The van der Waals surface area contributed by atoms with Gasteiger partial charge in [-0.15, -0.1) is 10.2 Å². The Balaban J connectivity index is 2.61. The summed E-state index contributed by atoms with van der Waals surface area (Å²) in [5, 5.41) is 8.31. The third kappa shape index (κ3) is 1.24. The molecule has 0 fully saturated rings. The van der Waals surface area contributed by atoms with Gasteiger partial charge in [0, 0.05) is 6.07 Å². The highest BCUT2D eigenvalue weighted by Crippen LogP contribution is 2.20. The van der Waals surface area contributed by atoms with Crippen LogP contribution in [0.5, 0.6) is 0 Å². The van der Waals surface area contributed by atoms with Gasteiger partial charge in [0.15, 0.2) is 10.8 Å². The van der Waals surface area contributed by atoms with E-state index in [-0.39, 0.29) is 0 Å². The van der Waals surface area contributed by atoms with Crippen molar-refractivity contribution in [1.29, 1.82) is 0 Å². The molecule has 3 heterocycles. The monoisotopic (exact) mass is 239 g/mol. The molecule has 0 atom stereocenters. The molecule has 74 valence electrons. The lowest BCUT2D eigenvalue weighted by Gasteiger charge is -2.01. The topological polar surface area (TPSA) is 56.0 Å². The molecule has 3 aromatic heterocycles. The fraction of sp³-hybridized carbons (Fsp3) is 0. The van der Waals surface area contributed by atoms with Crippen LogP contribution in [0.2, 0.25) is 10.3 Å². The summed E-state index contributed by atoms with van der Waals surface area (Å²) in [6, 6.07) is 1.69. The van der Waals surface area contributed by atoms with E-state index in [4.69, 9.17) is 23.2 Å². The van der Waals surface area contributed by atoms with Crippen LogP contribution in [0.1, 0.15) is 0 Å². The van der Waals surface area contributed by atoms with E-state index in [1.165, 1.54) is 0 Å². The summed E-state index contributed by atoms with van der Waals surface area (Å²) in [6.07, 6.45) is 3.12. The summed E-state index contributed by atoms with van der Waals surface area (Å²) in [5.74, 6) is 0. The van der Waals surface area contributed by atoms with Crippen LogP contribution in [-0.4, -0.2) is 24.6 Å². The standard InChI is InChI=1S/C8H3Cl2N5/c9-6-1-5-4(2-11-6)13-7(10)8-14-12-3-15(5)8/h1-3H. The minimum atomic E-state index is 0.295. The van der Waals surface area contributed by atoms with Crippen molar-refractivity contribution >= 4 is 39.9 Å². The first kappa shape index (κ1) is 8.82. The maximum Gasteiger partial charge on any atom is 0.198 e. The Bertz CT molecular complexity index is 662. The number of aromatic nitrogens is 5. The van der Waals surface area contributed by atoms with Crippen LogP contribution in [0, 0.1) is 0 Å². The Morgan fingerprint density at radius 1 is 1.27 bits per heavy atom. The number of halogens is 2. The predicted molar refractivity (Wildman–Crippen MR) is 56.1 cm³/mol. The normalized spacial score (nSPS) is 11.3. The lowest BCUT2D eigenvalue weighted by Crippen LogP contribution is -1.93. The Hall–Kier alpha value is -1.46. The van der Waals surface area contributed by atoms with Crippen LogP contribution in [0.3, 0.4) is 0 Å². The number of hydrogen-bond donors (Lipinski definition) is 0. The molecule has 15 heavy (non-hydrogen) atoms. The van der Waals surface area contributed by atoms with Crippen molar-refractivity contribution in [3.63, 3.8) is 0 Å². The summed E-state index contributed by atoms with van der Waals surface area (Å²) >= 11 is 11.7. The first-order valence-corrected chi connectivity index (χ1v) is 4.82. The van der Waals surface area contributed by atoms with E-state index in [0.717, 1.165) is 5.52 Å². The maximum atomic E-state index is 5.92. The van der Waals surface area contributed by atoms with Gasteiger partial charge in [-0.2, -0.15) is 0 Å². The van der Waals surface area contributed by atoms with Gasteiger partial charge in [-0.05, 0) is 0 Å². The van der Waals surface area contributed by atoms with Gasteiger partial charge >= 0.3 is 0 Å². The second kappa shape index (κ2) is 3.01. The van der Waals surface area contributed by atoms with Crippen molar-refractivity contribution < 1.29 is 0 Å². The van der Waals surface area contributed by atoms with Crippen molar-refractivity contribution in [3.8, 4) is 0 Å². The fourth-order valence-corrected chi connectivity index (χ4v) is 1.77. The van der Waals surface area contributed by atoms with Crippen molar-refractivity contribution in [3.05, 3.63) is 28.9 Å². The second-order valence-electron chi connectivity index (χ2n) is 2.92. The molecule has 0 unspecified atom stereocenters. The van der Waals surface area contributed by atoms with E-state index < -0.39 is 0 Å². The average molecular weight is 240 g/mol. The molecule has 7 heteroatoms. The van der Waals surface area contributed by atoms with Gasteiger partial charge in [-0.25, -0.2) is 9.97 Å². The Labute approximate surface area is 93.7 Å². The second-order valence-corrected chi connectivity index (χ2v) is 3.67. The largest absolute Gasteiger partial charge is 0.277 e. The van der Waals surface area contributed by atoms with Gasteiger partial charge in [0.25, 0.3) is 0 Å². The zero-order valence-corrected chi connectivity index (χ0v) is 8.74. The van der Waals surface area contributed by atoms with Crippen LogP contribution in [0.15, 0.2) is 18.6 Å². The zero-order valence-electron chi connectivity index (χ0n) is 7.22. The van der Waals surface area contributed by atoms with E-state index in [1.807, 2.05) is 0 Å². The van der Waals surface area contributed by atoms with Crippen LogP contribution < -0.4 is 0 Å². The number of hydrogen-bond acceptors (Lipinski definition) is 4. The van der Waals surface area contributed by atoms with Gasteiger partial charge in [0.2, 0.25) is 0 Å². The Kier molecular flexibility index (Phi) is 1.77. The first-order valence-electron chi connectivity index (χ1n) is 4.06. The fourth-order valence-electron chi connectivity index (χ4n) is 1.40. The minimum Gasteiger partial charge on any atom is -0.277 e. The van der Waals surface area contributed by atoms with E-state index in [2.05, 4.69) is 20.2 Å². The van der Waals surface area contributed by atoms with Gasteiger partial charge < -0.3 is 0 Å². The van der Waals surface area contributed by atoms with Crippen LogP contribution in [0.25, 0.3) is 16.7 Å². The van der Waals surface area contributed by atoms with Crippen LogP contribution in [-0.2, 0) is 0 Å². The van der Waals surface area contributed by atoms with E-state index in [0.29, 0.717) is 21.5 Å². The van der Waals surface area contributed by atoms with E-state index in [9.17, 15) is 0 Å². The molecule has 0 aromatic carbocycles. The van der Waals surface area contributed by atoms with E-state index >= 15 is 0 Å². The molecule has 0 radical (unpaired) electrons. The van der Waals surface area contributed by atoms with Gasteiger partial charge in [0.05, 0.1) is 11.7 Å². The summed E-state index contributed by atoms with van der Waals surface area (Å²) in [5.41, 5.74) is 1.93. The molecule has 0 amide bonds.